The molecule has 0 bridgehead atoms. The molecule has 4 aromatic rings. The van der Waals surface area contributed by atoms with Gasteiger partial charge in [0.2, 0.25) is 0 Å². The molecule has 37 heavy (non-hydrogen) atoms. The third kappa shape index (κ3) is 5.98. The largest absolute Gasteiger partial charge is 0.317 e. The summed E-state index contributed by atoms with van der Waals surface area (Å²) in [5.41, 5.74) is 2.83. The first-order chi connectivity index (χ1) is 18.0. The second-order valence-electron chi connectivity index (χ2n) is 10.2. The molecule has 0 amide bonds. The lowest BCUT2D eigenvalue weighted by Crippen LogP contribution is -2.33. The number of nitrogens with one attached hydrogen (secondary N) is 1. The maximum atomic E-state index is 14.9. The Labute approximate surface area is 227 Å². The Morgan fingerprint density at radius 3 is 2.46 bits per heavy atom. The Bertz CT molecular complexity index is 1360. The highest BCUT2D eigenvalue weighted by Crippen LogP contribution is 2.40. The van der Waals surface area contributed by atoms with Crippen molar-refractivity contribution < 1.29 is 9.18 Å². The Kier molecular flexibility index (Phi) is 8.39. The van der Waals surface area contributed by atoms with Crippen LogP contribution in [0, 0.1) is 17.7 Å². The highest BCUT2D eigenvalue weighted by molar-refractivity contribution is 7.21. The van der Waals surface area contributed by atoms with Crippen LogP contribution < -0.4 is 5.32 Å². The summed E-state index contributed by atoms with van der Waals surface area (Å²) in [6.45, 7) is 0. The van der Waals surface area contributed by atoms with Crippen LogP contribution in [0.25, 0.3) is 21.2 Å². The molecule has 1 N–H and O–H groups in total. The van der Waals surface area contributed by atoms with E-state index >= 15 is 0 Å². The van der Waals surface area contributed by atoms with Crippen LogP contribution in [-0.2, 0) is 6.42 Å². The molecule has 1 fully saturated rings. The lowest BCUT2D eigenvalue weighted by molar-refractivity contribution is 0.0925. The number of Topliss-reactive ketones (excluding diaryl/α,β-unsaturated/α-hetero) is 1. The summed E-state index contributed by atoms with van der Waals surface area (Å²) >= 11 is 8.15. The normalized spacial score (nSPS) is 18.7. The minimum atomic E-state index is -0.170. The number of halogens is 2. The molecular weight excluding hydrogens is 501 g/mol. The van der Waals surface area contributed by atoms with E-state index in [1.807, 2.05) is 73.8 Å². The first-order valence-corrected chi connectivity index (χ1v) is 14.4. The lowest BCUT2D eigenvalue weighted by Gasteiger charge is -2.34. The number of thiophene rings is 1. The third-order valence-electron chi connectivity index (χ3n) is 8.02. The summed E-state index contributed by atoms with van der Waals surface area (Å²) in [6.07, 6.45) is 6.29. The van der Waals surface area contributed by atoms with E-state index in [4.69, 9.17) is 11.6 Å². The van der Waals surface area contributed by atoms with Gasteiger partial charge in [0, 0.05) is 22.5 Å². The van der Waals surface area contributed by atoms with Crippen molar-refractivity contribution in [2.75, 3.05) is 7.05 Å². The van der Waals surface area contributed by atoms with Crippen LogP contribution in [0.15, 0.2) is 72.8 Å². The quantitative estimate of drug-likeness (QED) is 0.217. The third-order valence-corrected chi connectivity index (χ3v) is 9.74. The predicted molar refractivity (Wildman–Crippen MR) is 154 cm³/mol. The number of fused-ring (bicyclic) bond motifs is 1. The Hall–Kier alpha value is -2.53. The highest BCUT2D eigenvalue weighted by atomic mass is 35.5. The Balaban J connectivity index is 1.36. The number of carbonyl (C=O) groups excluding carboxylic acids is 1. The SMILES string of the molecule is CNC1CCC(C(CCc2cc(-c3ccccc3)ccc2F)CC(=O)c2sc3ccccc3c2Cl)CC1. The van der Waals surface area contributed by atoms with Crippen LogP contribution in [0.3, 0.4) is 0 Å². The second kappa shape index (κ2) is 11.9. The molecule has 3 aromatic carbocycles. The smallest absolute Gasteiger partial charge is 0.174 e. The van der Waals surface area contributed by atoms with E-state index in [1.165, 1.54) is 11.3 Å². The van der Waals surface area contributed by atoms with Crippen molar-refractivity contribution in [1.82, 2.24) is 5.32 Å². The van der Waals surface area contributed by atoms with Crippen molar-refractivity contribution in [3.05, 3.63) is 94.1 Å². The van der Waals surface area contributed by atoms with Gasteiger partial charge < -0.3 is 5.32 Å². The summed E-state index contributed by atoms with van der Waals surface area (Å²) in [6, 6.07) is 24.0. The molecule has 1 heterocycles. The molecule has 5 heteroatoms. The van der Waals surface area contributed by atoms with Gasteiger partial charge in [-0.25, -0.2) is 4.39 Å². The molecule has 1 aliphatic rings. The van der Waals surface area contributed by atoms with Crippen LogP contribution >= 0.6 is 22.9 Å². The van der Waals surface area contributed by atoms with Crippen molar-refractivity contribution in [2.45, 2.75) is 51.0 Å². The zero-order valence-electron chi connectivity index (χ0n) is 21.2. The van der Waals surface area contributed by atoms with Crippen LogP contribution in [0.4, 0.5) is 4.39 Å². The number of hydrogen-bond donors (Lipinski definition) is 1. The molecule has 1 atom stereocenters. The number of hydrogen-bond acceptors (Lipinski definition) is 3. The number of benzene rings is 3. The molecule has 0 radical (unpaired) electrons. The van der Waals surface area contributed by atoms with Crippen LogP contribution in [-0.4, -0.2) is 18.9 Å². The van der Waals surface area contributed by atoms with E-state index in [9.17, 15) is 9.18 Å². The van der Waals surface area contributed by atoms with Gasteiger partial charge >= 0.3 is 0 Å². The van der Waals surface area contributed by atoms with E-state index in [0.29, 0.717) is 34.7 Å². The van der Waals surface area contributed by atoms with E-state index in [1.54, 1.807) is 6.07 Å². The van der Waals surface area contributed by atoms with Gasteiger partial charge in [-0.3, -0.25) is 4.79 Å². The molecular formula is C32H33ClFNOS. The standard InChI is InChI=1S/C32H33ClFNOS/c1-35-26-16-13-22(14-17-26)24(20-29(36)32-31(33)27-9-5-6-10-30(27)37-32)11-12-25-19-23(15-18-28(25)34)21-7-3-2-4-8-21/h2-10,15,18-19,22,24,26,35H,11-14,16-17,20H2,1H3. The van der Waals surface area contributed by atoms with Gasteiger partial charge in [0.1, 0.15) is 5.82 Å². The minimum absolute atomic E-state index is 0.116. The predicted octanol–water partition coefficient (Wildman–Crippen LogP) is 8.96. The molecule has 192 valence electrons. The van der Waals surface area contributed by atoms with Crippen molar-refractivity contribution in [3.63, 3.8) is 0 Å². The number of carbonyl (C=O) groups is 1. The summed E-state index contributed by atoms with van der Waals surface area (Å²) < 4.78 is 15.9. The number of ketones is 1. The molecule has 0 saturated heterocycles. The van der Waals surface area contributed by atoms with Crippen LogP contribution in [0.2, 0.25) is 5.02 Å². The molecule has 0 aliphatic heterocycles. The van der Waals surface area contributed by atoms with Gasteiger partial charge in [-0.1, -0.05) is 66.2 Å². The van der Waals surface area contributed by atoms with E-state index in [2.05, 4.69) is 5.32 Å². The number of rotatable bonds is 9. The van der Waals surface area contributed by atoms with Crippen LogP contribution in [0.1, 0.15) is 53.8 Å². The molecule has 5 rings (SSSR count). The molecule has 1 aliphatic carbocycles. The van der Waals surface area contributed by atoms with Crippen LogP contribution in [0.5, 0.6) is 0 Å². The topological polar surface area (TPSA) is 29.1 Å². The molecule has 1 aromatic heterocycles. The molecule has 1 unspecified atom stereocenters. The summed E-state index contributed by atoms with van der Waals surface area (Å²) in [5.74, 6) is 0.607. The van der Waals surface area contributed by atoms with Crippen molar-refractivity contribution in [2.24, 2.45) is 11.8 Å². The lowest BCUT2D eigenvalue weighted by atomic mass is 9.74. The zero-order valence-corrected chi connectivity index (χ0v) is 22.8. The molecule has 0 spiro atoms. The van der Waals surface area contributed by atoms with E-state index in [-0.39, 0.29) is 17.5 Å². The number of aryl methyl sites for hydroxylation is 1. The summed E-state index contributed by atoms with van der Waals surface area (Å²) in [5, 5.41) is 4.93. The minimum Gasteiger partial charge on any atom is -0.317 e. The van der Waals surface area contributed by atoms with Crippen molar-refractivity contribution in [1.29, 1.82) is 0 Å². The van der Waals surface area contributed by atoms with Gasteiger partial charge in [-0.15, -0.1) is 11.3 Å². The Morgan fingerprint density at radius 2 is 1.73 bits per heavy atom. The van der Waals surface area contributed by atoms with Gasteiger partial charge in [-0.2, -0.15) is 0 Å². The maximum absolute atomic E-state index is 14.9. The fourth-order valence-electron chi connectivity index (χ4n) is 5.83. The average Bonchev–Trinajstić information content (AvgIpc) is 3.29. The maximum Gasteiger partial charge on any atom is 0.174 e. The van der Waals surface area contributed by atoms with Gasteiger partial charge in [0.25, 0.3) is 0 Å². The van der Waals surface area contributed by atoms with Crippen molar-refractivity contribution in [3.8, 4) is 11.1 Å². The van der Waals surface area contributed by atoms with Gasteiger partial charge in [0.15, 0.2) is 5.78 Å². The van der Waals surface area contributed by atoms with E-state index in [0.717, 1.165) is 58.9 Å². The first-order valence-electron chi connectivity index (χ1n) is 13.2. The fourth-order valence-corrected chi connectivity index (χ4v) is 7.31. The summed E-state index contributed by atoms with van der Waals surface area (Å²) in [4.78, 5) is 14.2. The molecule has 2 nitrogen and oxygen atoms in total. The zero-order chi connectivity index (χ0) is 25.8. The highest BCUT2D eigenvalue weighted by Gasteiger charge is 2.30. The monoisotopic (exact) mass is 533 g/mol. The average molecular weight is 534 g/mol. The second-order valence-corrected chi connectivity index (χ2v) is 11.7. The van der Waals surface area contributed by atoms with Gasteiger partial charge in [0.05, 0.1) is 9.90 Å². The summed E-state index contributed by atoms with van der Waals surface area (Å²) in [7, 11) is 2.03. The van der Waals surface area contributed by atoms with E-state index < -0.39 is 0 Å². The first kappa shape index (κ1) is 26.1. The van der Waals surface area contributed by atoms with Gasteiger partial charge in [-0.05, 0) is 92.3 Å². The van der Waals surface area contributed by atoms with Crippen molar-refractivity contribution >= 4 is 38.8 Å². The fraction of sp³-hybridized carbons (Fsp3) is 0.344. The Morgan fingerprint density at radius 1 is 1.00 bits per heavy atom. The molecule has 1 saturated carbocycles.